The summed E-state index contributed by atoms with van der Waals surface area (Å²) in [6.07, 6.45) is -8.22. The van der Waals surface area contributed by atoms with E-state index in [-0.39, 0.29) is 13.2 Å². The van der Waals surface area contributed by atoms with E-state index in [1.54, 1.807) is 51.0 Å². The van der Waals surface area contributed by atoms with Gasteiger partial charge in [-0.05, 0) is 38.7 Å². The van der Waals surface area contributed by atoms with E-state index in [0.29, 0.717) is 0 Å². The van der Waals surface area contributed by atoms with Crippen LogP contribution < -0.4 is 5.32 Å². The molecule has 1 aromatic rings. The van der Waals surface area contributed by atoms with Crippen LogP contribution in [0.1, 0.15) is 45.6 Å². The van der Waals surface area contributed by atoms with Gasteiger partial charge in [0.2, 0.25) is 0 Å². The van der Waals surface area contributed by atoms with E-state index in [9.17, 15) is 26.7 Å². The van der Waals surface area contributed by atoms with Crippen LogP contribution in [0.2, 0.25) is 0 Å². The highest BCUT2D eigenvalue weighted by Gasteiger charge is 2.30. The number of benzene rings is 1. The van der Waals surface area contributed by atoms with Gasteiger partial charge >= 0.3 is 18.2 Å². The molecule has 0 heterocycles. The Hall–Kier alpha value is -2.34. The molecule has 1 amide bonds. The van der Waals surface area contributed by atoms with Gasteiger partial charge in [0.15, 0.2) is 0 Å². The van der Waals surface area contributed by atoms with E-state index in [1.807, 2.05) is 12.0 Å². The first-order chi connectivity index (χ1) is 13.8. The molecule has 1 unspecified atom stereocenters. The number of nitrogens with one attached hydrogen (secondary N) is 1. The van der Waals surface area contributed by atoms with Crippen LogP contribution in [-0.4, -0.2) is 36.4 Å². The molecule has 4 nitrogen and oxygen atoms in total. The van der Waals surface area contributed by atoms with E-state index < -0.39 is 49.1 Å². The van der Waals surface area contributed by atoms with Gasteiger partial charge in [-0.1, -0.05) is 36.3 Å². The van der Waals surface area contributed by atoms with Crippen LogP contribution in [0, 0.1) is 11.8 Å². The summed E-state index contributed by atoms with van der Waals surface area (Å²) in [4.78, 5) is 11.8. The topological polar surface area (TPSA) is 47.6 Å². The lowest BCUT2D eigenvalue weighted by Crippen LogP contribution is -2.39. The van der Waals surface area contributed by atoms with Crippen LogP contribution in [0.3, 0.4) is 0 Å². The number of amides is 1. The summed E-state index contributed by atoms with van der Waals surface area (Å²) in [5.41, 5.74) is -0.0766. The number of carbonyl (C=O) groups is 1. The number of carbonyl (C=O) groups excluding carboxylic acids is 1. The lowest BCUT2D eigenvalue weighted by atomic mass is 10.1. The lowest BCUT2D eigenvalue weighted by Gasteiger charge is -2.22. The van der Waals surface area contributed by atoms with Crippen LogP contribution in [0.15, 0.2) is 30.3 Å². The van der Waals surface area contributed by atoms with Crippen molar-refractivity contribution in [2.24, 2.45) is 0 Å². The van der Waals surface area contributed by atoms with Gasteiger partial charge < -0.3 is 14.8 Å². The Morgan fingerprint density at radius 1 is 1.07 bits per heavy atom. The van der Waals surface area contributed by atoms with E-state index >= 15 is 0 Å². The average molecular weight is 435 g/mol. The largest absolute Gasteiger partial charge is 0.444 e. The molecule has 0 fully saturated rings. The third-order valence-corrected chi connectivity index (χ3v) is 3.51. The van der Waals surface area contributed by atoms with Gasteiger partial charge in [-0.2, -0.15) is 22.0 Å². The summed E-state index contributed by atoms with van der Waals surface area (Å²) in [7, 11) is 0. The first-order valence-corrected chi connectivity index (χ1v) is 9.34. The van der Waals surface area contributed by atoms with Crippen molar-refractivity contribution in [2.45, 2.75) is 70.4 Å². The van der Waals surface area contributed by atoms with Crippen LogP contribution in [0.25, 0.3) is 0 Å². The molecule has 1 N–H and O–H groups in total. The average Bonchev–Trinajstić information content (AvgIpc) is 2.60. The van der Waals surface area contributed by atoms with Gasteiger partial charge in [0.1, 0.15) is 5.60 Å². The third-order valence-electron chi connectivity index (χ3n) is 3.51. The fourth-order valence-electron chi connectivity index (χ4n) is 2.16. The molecule has 1 aromatic carbocycles. The molecule has 0 bridgehead atoms. The van der Waals surface area contributed by atoms with Crippen molar-refractivity contribution in [1.82, 2.24) is 5.32 Å². The summed E-state index contributed by atoms with van der Waals surface area (Å²) >= 11 is 0. The van der Waals surface area contributed by atoms with Crippen LogP contribution >= 0.6 is 0 Å². The number of alkyl halides is 5. The minimum atomic E-state index is -4.51. The number of hydrogen-bond donors (Lipinski definition) is 1. The van der Waals surface area contributed by atoms with Crippen molar-refractivity contribution in [1.29, 1.82) is 0 Å². The maximum absolute atomic E-state index is 14.0. The predicted molar refractivity (Wildman–Crippen MR) is 102 cm³/mol. The van der Waals surface area contributed by atoms with Crippen molar-refractivity contribution in [3.8, 4) is 11.8 Å². The zero-order valence-corrected chi connectivity index (χ0v) is 17.1. The molecule has 0 saturated heterocycles. The molecule has 0 aliphatic heterocycles. The molecular weight excluding hydrogens is 409 g/mol. The van der Waals surface area contributed by atoms with Crippen molar-refractivity contribution < 1.29 is 36.2 Å². The molecule has 9 heteroatoms. The van der Waals surface area contributed by atoms with E-state index in [1.165, 1.54) is 0 Å². The number of rotatable bonds is 8. The van der Waals surface area contributed by atoms with Gasteiger partial charge in [-0.25, -0.2) is 4.79 Å². The van der Waals surface area contributed by atoms with Crippen molar-refractivity contribution in [3.63, 3.8) is 0 Å². The Kier molecular flexibility index (Phi) is 9.56. The lowest BCUT2D eigenvalue weighted by molar-refractivity contribution is -0.136. The molecular formula is C21H26F5NO3. The second-order valence-electron chi connectivity index (χ2n) is 7.61. The van der Waals surface area contributed by atoms with Crippen molar-refractivity contribution >= 4 is 6.09 Å². The second-order valence-corrected chi connectivity index (χ2v) is 7.61. The summed E-state index contributed by atoms with van der Waals surface area (Å²) in [5.74, 6) is 0.218. The summed E-state index contributed by atoms with van der Waals surface area (Å²) in [5, 5.41) is 2.11. The normalized spacial score (nSPS) is 13.2. The van der Waals surface area contributed by atoms with Crippen LogP contribution in [-0.2, 0) is 16.1 Å². The third kappa shape index (κ3) is 13.0. The molecule has 0 spiro atoms. The van der Waals surface area contributed by atoms with Gasteiger partial charge in [0.05, 0.1) is 19.3 Å². The molecule has 0 saturated carbocycles. The molecule has 1 rings (SSSR count). The van der Waals surface area contributed by atoms with Gasteiger partial charge in [0.25, 0.3) is 0 Å². The zero-order valence-electron chi connectivity index (χ0n) is 17.1. The highest BCUT2D eigenvalue weighted by molar-refractivity contribution is 5.68. The summed E-state index contributed by atoms with van der Waals surface area (Å²) < 4.78 is 75.5. The smallest absolute Gasteiger partial charge is 0.408 e. The van der Waals surface area contributed by atoms with Gasteiger partial charge in [0, 0.05) is 12.8 Å². The van der Waals surface area contributed by atoms with Crippen LogP contribution in [0.4, 0.5) is 26.7 Å². The standard InChI is InChI=1S/C21H26F5NO3/c1-19(2,3)30-18(28)27-17(10-12-21(24,25)26)9-11-20(22,23)13-14-29-15-16-7-5-4-6-8-16/h4-8,17H,10,12-15H2,1-3H3,(H,27,28). The van der Waals surface area contributed by atoms with Gasteiger partial charge in [-0.3, -0.25) is 0 Å². The Morgan fingerprint density at radius 3 is 2.27 bits per heavy atom. The summed E-state index contributed by atoms with van der Waals surface area (Å²) in [6, 6.07) is 7.53. The molecule has 1 atom stereocenters. The highest BCUT2D eigenvalue weighted by atomic mass is 19.4. The molecule has 0 aliphatic rings. The molecule has 168 valence electrons. The maximum Gasteiger partial charge on any atom is 0.408 e. The second kappa shape index (κ2) is 11.2. The van der Waals surface area contributed by atoms with E-state index in [4.69, 9.17) is 9.47 Å². The quantitative estimate of drug-likeness (QED) is 0.335. The Labute approximate surface area is 173 Å². The number of ether oxygens (including phenoxy) is 2. The number of alkyl carbamates (subject to hydrolysis) is 1. The van der Waals surface area contributed by atoms with Crippen LogP contribution in [0.5, 0.6) is 0 Å². The minimum absolute atomic E-state index is 0.152. The first-order valence-electron chi connectivity index (χ1n) is 9.34. The number of hydrogen-bond acceptors (Lipinski definition) is 3. The molecule has 30 heavy (non-hydrogen) atoms. The Morgan fingerprint density at radius 2 is 1.70 bits per heavy atom. The highest BCUT2D eigenvalue weighted by Crippen LogP contribution is 2.23. The van der Waals surface area contributed by atoms with Crippen molar-refractivity contribution in [2.75, 3.05) is 6.61 Å². The number of halogens is 5. The molecule has 0 aromatic heterocycles. The Balaban J connectivity index is 2.64. The minimum Gasteiger partial charge on any atom is -0.444 e. The fourth-order valence-corrected chi connectivity index (χ4v) is 2.16. The molecule has 0 aliphatic carbocycles. The van der Waals surface area contributed by atoms with E-state index in [0.717, 1.165) is 5.56 Å². The monoisotopic (exact) mass is 435 g/mol. The molecule has 0 radical (unpaired) electrons. The first kappa shape index (κ1) is 25.7. The fraction of sp³-hybridized carbons (Fsp3) is 0.571. The van der Waals surface area contributed by atoms with E-state index in [2.05, 4.69) is 5.32 Å². The Bertz CT molecular complexity index is 718. The zero-order chi connectivity index (χ0) is 22.8. The summed E-state index contributed by atoms with van der Waals surface area (Å²) in [6.45, 7) is 4.55. The maximum atomic E-state index is 14.0. The van der Waals surface area contributed by atoms with Crippen molar-refractivity contribution in [3.05, 3.63) is 35.9 Å². The van der Waals surface area contributed by atoms with Gasteiger partial charge in [-0.15, -0.1) is 0 Å². The predicted octanol–water partition coefficient (Wildman–Crippen LogP) is 5.47. The SMILES string of the molecule is CC(C)(C)OC(=O)NC(C#CC(F)(F)CCOCc1ccccc1)CCC(F)(F)F.